The lowest BCUT2D eigenvalue weighted by Gasteiger charge is -2.40. The van der Waals surface area contributed by atoms with Crippen LogP contribution in [0, 0.1) is 23.2 Å². The zero-order valence-corrected chi connectivity index (χ0v) is 20.3. The van der Waals surface area contributed by atoms with Gasteiger partial charge in [0.2, 0.25) is 0 Å². The van der Waals surface area contributed by atoms with Crippen LogP contribution in [0.25, 0.3) is 0 Å². The summed E-state index contributed by atoms with van der Waals surface area (Å²) in [5.41, 5.74) is 0.869. The Labute approximate surface area is 202 Å². The predicted molar refractivity (Wildman–Crippen MR) is 126 cm³/mol. The largest absolute Gasteiger partial charge is 0.462 e. The van der Waals surface area contributed by atoms with E-state index >= 15 is 0 Å². The van der Waals surface area contributed by atoms with Gasteiger partial charge in [-0.05, 0) is 83.6 Å². The van der Waals surface area contributed by atoms with E-state index in [1.165, 1.54) is 0 Å². The third-order valence-corrected chi connectivity index (χ3v) is 8.72. The fourth-order valence-corrected chi connectivity index (χ4v) is 7.38. The average molecular weight is 513 g/mol. The van der Waals surface area contributed by atoms with Gasteiger partial charge in [0.25, 0.3) is 0 Å². The molecular weight excluding hydrogens is 484 g/mol. The van der Waals surface area contributed by atoms with E-state index in [1.807, 2.05) is 42.5 Å². The predicted octanol–water partition coefficient (Wildman–Crippen LogP) is 5.08. The van der Waals surface area contributed by atoms with Gasteiger partial charge in [0.15, 0.2) is 0 Å². The number of halogens is 1. The van der Waals surface area contributed by atoms with Crippen molar-refractivity contribution in [2.45, 2.75) is 51.2 Å². The van der Waals surface area contributed by atoms with Crippen molar-refractivity contribution in [2.75, 3.05) is 6.61 Å². The van der Waals surface area contributed by atoms with Crippen LogP contribution in [0.5, 0.6) is 0 Å². The van der Waals surface area contributed by atoms with Gasteiger partial charge < -0.3 is 14.6 Å². The highest BCUT2D eigenvalue weighted by atomic mass is 79.9. The molecule has 2 aromatic rings. The second kappa shape index (κ2) is 8.55. The molecule has 1 N–H and O–H groups in total. The van der Waals surface area contributed by atoms with Crippen molar-refractivity contribution < 1.29 is 24.2 Å². The van der Waals surface area contributed by atoms with E-state index in [1.54, 1.807) is 13.0 Å². The minimum atomic E-state index is -0.941. The molecule has 5 atom stereocenters. The number of aliphatic hydroxyl groups is 1. The number of benzene rings is 2. The van der Waals surface area contributed by atoms with E-state index in [4.69, 9.17) is 9.47 Å². The fourth-order valence-electron chi connectivity index (χ4n) is 6.79. The molecule has 4 bridgehead atoms. The van der Waals surface area contributed by atoms with Crippen molar-refractivity contribution in [3.8, 4) is 0 Å². The Balaban J connectivity index is 1.35. The van der Waals surface area contributed by atoms with Crippen molar-refractivity contribution in [3.05, 3.63) is 69.7 Å². The summed E-state index contributed by atoms with van der Waals surface area (Å²) in [7, 11) is 0. The summed E-state index contributed by atoms with van der Waals surface area (Å²) in [5.74, 6) is -0.0498. The summed E-state index contributed by atoms with van der Waals surface area (Å²) in [4.78, 5) is 25.5. The minimum Gasteiger partial charge on any atom is -0.462 e. The number of hydrogen-bond donors (Lipinski definition) is 1. The van der Waals surface area contributed by atoms with E-state index in [9.17, 15) is 14.7 Å². The molecule has 0 spiro atoms. The molecule has 0 heterocycles. The maximum absolute atomic E-state index is 13.4. The molecule has 2 aromatic carbocycles. The van der Waals surface area contributed by atoms with Crippen LogP contribution >= 0.6 is 15.9 Å². The van der Waals surface area contributed by atoms with Crippen LogP contribution in [0.3, 0.4) is 0 Å². The lowest BCUT2D eigenvalue weighted by atomic mass is 9.70. The summed E-state index contributed by atoms with van der Waals surface area (Å²) in [6, 6.07) is 15.3. The molecule has 174 valence electrons. The standard InChI is InChI=1S/C27H29BrO5/c1-2-32-24(29)21-9-8-18(11-22(21)28)14-27(31)20-10-19-12-23(27)26(13-19,15-20)25(30)33-16-17-6-4-3-5-7-17/h3-9,11,19-20,23,31H,2,10,12-16H2,1H3. The number of carbonyl (C=O) groups is 2. The normalized spacial score (nSPS) is 31.5. The number of esters is 2. The van der Waals surface area contributed by atoms with Crippen LogP contribution in [-0.2, 0) is 27.3 Å². The minimum absolute atomic E-state index is 0.0859. The summed E-state index contributed by atoms with van der Waals surface area (Å²) >= 11 is 3.49. The molecule has 6 rings (SSSR count). The molecule has 4 aliphatic carbocycles. The second-order valence-corrected chi connectivity index (χ2v) is 10.8. The van der Waals surface area contributed by atoms with Gasteiger partial charge in [-0.2, -0.15) is 0 Å². The SMILES string of the molecule is CCOC(=O)c1ccc(CC2(O)C3CC4CC2C(C(=O)OCc2ccccc2)(C4)C3)cc1Br. The molecule has 4 aliphatic rings. The molecule has 4 fully saturated rings. The van der Waals surface area contributed by atoms with Crippen molar-refractivity contribution in [1.82, 2.24) is 0 Å². The Morgan fingerprint density at radius 1 is 1.06 bits per heavy atom. The Hall–Kier alpha value is -2.18. The highest BCUT2D eigenvalue weighted by Crippen LogP contribution is 2.70. The third kappa shape index (κ3) is 3.81. The van der Waals surface area contributed by atoms with Crippen molar-refractivity contribution in [1.29, 1.82) is 0 Å². The number of hydrogen-bond acceptors (Lipinski definition) is 5. The van der Waals surface area contributed by atoms with Gasteiger partial charge in [-0.3, -0.25) is 4.79 Å². The molecule has 6 heteroatoms. The molecule has 0 radical (unpaired) electrons. The van der Waals surface area contributed by atoms with Gasteiger partial charge >= 0.3 is 11.9 Å². The van der Waals surface area contributed by atoms with Gasteiger partial charge in [0.1, 0.15) is 6.61 Å². The van der Waals surface area contributed by atoms with Crippen LogP contribution in [0.1, 0.15) is 54.1 Å². The van der Waals surface area contributed by atoms with Crippen LogP contribution in [0.15, 0.2) is 53.0 Å². The van der Waals surface area contributed by atoms with Crippen molar-refractivity contribution >= 4 is 27.9 Å². The molecular formula is C27H29BrO5. The van der Waals surface area contributed by atoms with E-state index in [0.717, 1.165) is 30.4 Å². The molecule has 33 heavy (non-hydrogen) atoms. The molecule has 4 saturated carbocycles. The highest BCUT2D eigenvalue weighted by Gasteiger charge is 2.72. The van der Waals surface area contributed by atoms with Gasteiger partial charge in [-0.15, -0.1) is 0 Å². The first-order chi connectivity index (χ1) is 15.9. The van der Waals surface area contributed by atoms with Crippen LogP contribution in [0.4, 0.5) is 0 Å². The van der Waals surface area contributed by atoms with Crippen LogP contribution < -0.4 is 0 Å². The quantitative estimate of drug-likeness (QED) is 0.523. The molecule has 0 aliphatic heterocycles. The highest BCUT2D eigenvalue weighted by molar-refractivity contribution is 9.10. The zero-order chi connectivity index (χ0) is 23.2. The van der Waals surface area contributed by atoms with Crippen molar-refractivity contribution in [3.63, 3.8) is 0 Å². The molecule has 0 aromatic heterocycles. The monoisotopic (exact) mass is 512 g/mol. The smallest absolute Gasteiger partial charge is 0.339 e. The topological polar surface area (TPSA) is 72.8 Å². The maximum atomic E-state index is 13.4. The average Bonchev–Trinajstić information content (AvgIpc) is 3.16. The Kier molecular flexibility index (Phi) is 5.86. The van der Waals surface area contributed by atoms with Crippen LogP contribution in [-0.4, -0.2) is 29.3 Å². The summed E-state index contributed by atoms with van der Waals surface area (Å²) in [6.45, 7) is 2.37. The van der Waals surface area contributed by atoms with Gasteiger partial charge in [0, 0.05) is 16.8 Å². The summed E-state index contributed by atoms with van der Waals surface area (Å²) in [5, 5.41) is 12.0. The zero-order valence-electron chi connectivity index (χ0n) is 18.8. The Morgan fingerprint density at radius 3 is 2.58 bits per heavy atom. The molecule has 0 saturated heterocycles. The fraction of sp³-hybridized carbons (Fsp3) is 0.481. The Bertz CT molecular complexity index is 1070. The second-order valence-electron chi connectivity index (χ2n) is 9.92. The molecule has 5 nitrogen and oxygen atoms in total. The summed E-state index contributed by atoms with van der Waals surface area (Å²) in [6.07, 6.45) is 3.80. The third-order valence-electron chi connectivity index (χ3n) is 8.06. The number of carbonyl (C=O) groups excluding carboxylic acids is 2. The lowest BCUT2D eigenvalue weighted by molar-refractivity contribution is -0.161. The molecule has 5 unspecified atom stereocenters. The first kappa shape index (κ1) is 22.6. The molecule has 0 amide bonds. The van der Waals surface area contributed by atoms with Gasteiger partial charge in [0.05, 0.1) is 23.2 Å². The van der Waals surface area contributed by atoms with Crippen LogP contribution in [0.2, 0.25) is 0 Å². The number of ether oxygens (including phenoxy) is 2. The maximum Gasteiger partial charge on any atom is 0.339 e. The first-order valence-corrected chi connectivity index (χ1v) is 12.5. The van der Waals surface area contributed by atoms with Gasteiger partial charge in [-0.1, -0.05) is 36.4 Å². The number of rotatable bonds is 7. The van der Waals surface area contributed by atoms with Crippen molar-refractivity contribution in [2.24, 2.45) is 23.2 Å². The van der Waals surface area contributed by atoms with E-state index in [2.05, 4.69) is 15.9 Å². The summed E-state index contributed by atoms with van der Waals surface area (Å²) < 4.78 is 11.6. The van der Waals surface area contributed by atoms with E-state index in [-0.39, 0.29) is 30.4 Å². The first-order valence-electron chi connectivity index (χ1n) is 11.7. The van der Waals surface area contributed by atoms with E-state index < -0.39 is 11.0 Å². The lowest BCUT2D eigenvalue weighted by Crippen LogP contribution is -2.46. The van der Waals surface area contributed by atoms with Gasteiger partial charge in [-0.25, -0.2) is 4.79 Å². The van der Waals surface area contributed by atoms with E-state index in [0.29, 0.717) is 35.4 Å². The Morgan fingerprint density at radius 2 is 1.85 bits per heavy atom.